The van der Waals surface area contributed by atoms with Crippen LogP contribution in [0.1, 0.15) is 95.1 Å². The largest absolute Gasteiger partial charge is 0.459 e. The highest BCUT2D eigenvalue weighted by molar-refractivity contribution is 5.86. The summed E-state index contributed by atoms with van der Waals surface area (Å²) in [6.45, 7) is 4.41. The molecule has 1 spiro atoms. The first-order chi connectivity index (χ1) is 19.6. The SMILES string of the molecule is CCCCCCCC(=O)OCOC(C(=O)OC1CC2CCC(C1)[N+]21CCCC1)(c1ccccc1)c1ccccc1. The van der Waals surface area contributed by atoms with Crippen molar-refractivity contribution in [2.24, 2.45) is 0 Å². The smallest absolute Gasteiger partial charge is 0.348 e. The number of rotatable bonds is 13. The molecule has 40 heavy (non-hydrogen) atoms. The molecule has 216 valence electrons. The average molecular weight is 549 g/mol. The number of unbranched alkanes of at least 4 members (excludes halogenated alkanes) is 4. The van der Waals surface area contributed by atoms with Gasteiger partial charge < -0.3 is 18.7 Å². The van der Waals surface area contributed by atoms with Crippen LogP contribution in [0.2, 0.25) is 0 Å². The average Bonchev–Trinajstić information content (AvgIpc) is 3.52. The van der Waals surface area contributed by atoms with Crippen LogP contribution in [0, 0.1) is 0 Å². The van der Waals surface area contributed by atoms with Crippen molar-refractivity contribution < 1.29 is 28.3 Å². The molecule has 2 unspecified atom stereocenters. The Labute approximate surface area is 239 Å². The van der Waals surface area contributed by atoms with Gasteiger partial charge in [0, 0.05) is 44.9 Å². The van der Waals surface area contributed by atoms with E-state index in [1.54, 1.807) is 0 Å². The van der Waals surface area contributed by atoms with E-state index in [4.69, 9.17) is 14.2 Å². The lowest BCUT2D eigenvalue weighted by Crippen LogP contribution is -2.60. The summed E-state index contributed by atoms with van der Waals surface area (Å²) in [6.07, 6.45) is 12.4. The minimum Gasteiger partial charge on any atom is -0.459 e. The fourth-order valence-corrected chi connectivity index (χ4v) is 7.64. The lowest BCUT2D eigenvalue weighted by Gasteiger charge is -2.47. The topological polar surface area (TPSA) is 61.8 Å². The van der Waals surface area contributed by atoms with E-state index in [-0.39, 0.29) is 18.9 Å². The molecule has 6 nitrogen and oxygen atoms in total. The maximum Gasteiger partial charge on any atom is 0.348 e. The number of benzene rings is 2. The zero-order chi connectivity index (χ0) is 27.8. The molecule has 0 amide bonds. The number of carbonyl (C=O) groups is 2. The Balaban J connectivity index is 1.33. The Morgan fingerprint density at radius 3 is 1.98 bits per heavy atom. The van der Waals surface area contributed by atoms with Gasteiger partial charge in [-0.1, -0.05) is 93.3 Å². The Morgan fingerprint density at radius 1 is 0.825 bits per heavy atom. The van der Waals surface area contributed by atoms with Crippen LogP contribution in [0.25, 0.3) is 0 Å². The highest BCUT2D eigenvalue weighted by Crippen LogP contribution is 2.47. The third-order valence-corrected chi connectivity index (χ3v) is 9.66. The predicted octanol–water partition coefficient (Wildman–Crippen LogP) is 6.66. The molecule has 0 saturated carbocycles. The van der Waals surface area contributed by atoms with Crippen LogP contribution in [-0.4, -0.2) is 54.5 Å². The van der Waals surface area contributed by atoms with Gasteiger partial charge in [0.25, 0.3) is 0 Å². The molecule has 2 aromatic rings. The molecule has 3 saturated heterocycles. The number of piperidine rings is 1. The van der Waals surface area contributed by atoms with Crippen LogP contribution in [0.5, 0.6) is 0 Å². The second-order valence-electron chi connectivity index (χ2n) is 12.0. The van der Waals surface area contributed by atoms with Crippen molar-refractivity contribution in [2.45, 2.75) is 108 Å². The van der Waals surface area contributed by atoms with Gasteiger partial charge in [0.05, 0.1) is 25.2 Å². The molecule has 5 rings (SSSR count). The van der Waals surface area contributed by atoms with E-state index in [0.29, 0.717) is 29.6 Å². The third-order valence-electron chi connectivity index (χ3n) is 9.66. The molecule has 3 fully saturated rings. The fourth-order valence-electron chi connectivity index (χ4n) is 7.64. The molecule has 6 heteroatoms. The molecule has 0 aromatic heterocycles. The normalized spacial score (nSPS) is 23.3. The quantitative estimate of drug-likeness (QED) is 0.121. The maximum atomic E-state index is 14.3. The van der Waals surface area contributed by atoms with E-state index in [0.717, 1.165) is 38.5 Å². The maximum absolute atomic E-state index is 14.3. The van der Waals surface area contributed by atoms with Gasteiger partial charge in [-0.15, -0.1) is 0 Å². The van der Waals surface area contributed by atoms with Crippen LogP contribution in [-0.2, 0) is 29.4 Å². The molecule has 2 aromatic carbocycles. The zero-order valence-electron chi connectivity index (χ0n) is 24.1. The van der Waals surface area contributed by atoms with Gasteiger partial charge in [0.1, 0.15) is 6.10 Å². The summed E-state index contributed by atoms with van der Waals surface area (Å²) < 4.78 is 19.5. The summed E-state index contributed by atoms with van der Waals surface area (Å²) in [5.41, 5.74) is -0.187. The Morgan fingerprint density at radius 2 is 1.40 bits per heavy atom. The summed E-state index contributed by atoms with van der Waals surface area (Å²) >= 11 is 0. The second kappa shape index (κ2) is 13.3. The van der Waals surface area contributed by atoms with Crippen molar-refractivity contribution in [1.82, 2.24) is 0 Å². The monoisotopic (exact) mass is 548 g/mol. The molecule has 0 aliphatic carbocycles. The molecule has 2 atom stereocenters. The Hall–Kier alpha value is -2.70. The molecular weight excluding hydrogens is 502 g/mol. The minimum absolute atomic E-state index is 0.129. The highest BCUT2D eigenvalue weighted by Gasteiger charge is 2.57. The molecule has 2 bridgehead atoms. The highest BCUT2D eigenvalue weighted by atomic mass is 16.7. The van der Waals surface area contributed by atoms with Crippen LogP contribution in [0.15, 0.2) is 60.7 Å². The summed E-state index contributed by atoms with van der Waals surface area (Å²) in [5.74, 6) is -0.733. The Kier molecular flexibility index (Phi) is 9.59. The molecule has 3 aliphatic rings. The minimum atomic E-state index is -1.53. The lowest BCUT2D eigenvalue weighted by molar-refractivity contribution is -0.956. The number of ether oxygens (including phenoxy) is 3. The number of carbonyl (C=O) groups excluding carboxylic acids is 2. The van der Waals surface area contributed by atoms with Gasteiger partial charge in [0.2, 0.25) is 5.60 Å². The van der Waals surface area contributed by atoms with Crippen LogP contribution < -0.4 is 0 Å². The first-order valence-corrected chi connectivity index (χ1v) is 15.6. The standard InChI is InChI=1S/C34H46NO5/c1-2-3-4-5-12-19-32(36)38-26-39-34(27-15-8-6-9-16-27,28-17-10-7-11-18-28)33(37)40-31-24-29-20-21-30(25-31)35(29)22-13-14-23-35/h6-11,15-18,29-31H,2-5,12-14,19-26H2,1H3/q+1. The van der Waals surface area contributed by atoms with Gasteiger partial charge in [-0.2, -0.15) is 0 Å². The summed E-state index contributed by atoms with van der Waals surface area (Å²) in [4.78, 5) is 26.8. The number of esters is 2. The van der Waals surface area contributed by atoms with E-state index in [2.05, 4.69) is 6.92 Å². The van der Waals surface area contributed by atoms with Crippen molar-refractivity contribution in [3.05, 3.63) is 71.8 Å². The lowest BCUT2D eigenvalue weighted by atomic mass is 9.85. The predicted molar refractivity (Wildman–Crippen MR) is 154 cm³/mol. The van der Waals surface area contributed by atoms with Crippen LogP contribution >= 0.6 is 0 Å². The van der Waals surface area contributed by atoms with Gasteiger partial charge in [-0.05, 0) is 17.5 Å². The van der Waals surface area contributed by atoms with Gasteiger partial charge in [-0.3, -0.25) is 4.79 Å². The Bertz CT molecular complexity index is 1040. The number of nitrogens with zero attached hydrogens (tertiary/aromatic N) is 1. The molecule has 0 N–H and O–H groups in total. The van der Waals surface area contributed by atoms with E-state index in [1.165, 1.54) is 49.7 Å². The molecule has 3 heterocycles. The van der Waals surface area contributed by atoms with Crippen molar-refractivity contribution in [3.63, 3.8) is 0 Å². The van der Waals surface area contributed by atoms with E-state index < -0.39 is 11.6 Å². The van der Waals surface area contributed by atoms with Crippen molar-refractivity contribution in [3.8, 4) is 0 Å². The molecular formula is C34H46NO5+. The molecule has 3 aliphatic heterocycles. The summed E-state index contributed by atoms with van der Waals surface area (Å²) in [5, 5.41) is 0. The van der Waals surface area contributed by atoms with Gasteiger partial charge in [0.15, 0.2) is 6.79 Å². The van der Waals surface area contributed by atoms with E-state index in [1.807, 2.05) is 60.7 Å². The van der Waals surface area contributed by atoms with Crippen molar-refractivity contribution >= 4 is 11.9 Å². The molecule has 0 radical (unpaired) electrons. The van der Waals surface area contributed by atoms with Gasteiger partial charge >= 0.3 is 11.9 Å². The third kappa shape index (κ3) is 5.99. The van der Waals surface area contributed by atoms with Gasteiger partial charge in [-0.25, -0.2) is 4.79 Å². The number of quaternary nitrogens is 1. The second-order valence-corrected chi connectivity index (χ2v) is 12.0. The van der Waals surface area contributed by atoms with E-state index >= 15 is 0 Å². The first-order valence-electron chi connectivity index (χ1n) is 15.6. The van der Waals surface area contributed by atoms with Crippen molar-refractivity contribution in [1.29, 1.82) is 0 Å². The van der Waals surface area contributed by atoms with Crippen LogP contribution in [0.3, 0.4) is 0 Å². The summed E-state index contributed by atoms with van der Waals surface area (Å²) in [6, 6.07) is 20.1. The fraction of sp³-hybridized carbons (Fsp3) is 0.588. The number of hydrogen-bond donors (Lipinski definition) is 0. The number of hydrogen-bond acceptors (Lipinski definition) is 5. The van der Waals surface area contributed by atoms with Crippen molar-refractivity contribution in [2.75, 3.05) is 19.9 Å². The first kappa shape index (κ1) is 28.8. The van der Waals surface area contributed by atoms with E-state index in [9.17, 15) is 9.59 Å². The van der Waals surface area contributed by atoms with Crippen LogP contribution in [0.4, 0.5) is 0 Å². The zero-order valence-corrected chi connectivity index (χ0v) is 24.1. The summed E-state index contributed by atoms with van der Waals surface area (Å²) in [7, 11) is 0.